The summed E-state index contributed by atoms with van der Waals surface area (Å²) in [6.07, 6.45) is 10.6. The summed E-state index contributed by atoms with van der Waals surface area (Å²) in [4.78, 5) is 13.8. The molecule has 26 heavy (non-hydrogen) atoms. The van der Waals surface area contributed by atoms with E-state index < -0.39 is 5.79 Å². The zero-order valence-electron chi connectivity index (χ0n) is 16.4. The van der Waals surface area contributed by atoms with E-state index in [1.807, 2.05) is 19.1 Å². The standard InChI is InChI=1S/C20H33NO5/c1-4-25-19(22)6-5-13-21-14-9-18(10-15-21)26-16-17-7-11-20(23-2,24-3)12-8-17/h7-8,11,18H,4-6,9-10,12-16H2,1-3H3. The summed E-state index contributed by atoms with van der Waals surface area (Å²) in [5.41, 5.74) is 1.17. The Labute approximate surface area is 157 Å². The number of rotatable bonds is 10. The number of piperidine rings is 1. The molecule has 0 N–H and O–H groups in total. The lowest BCUT2D eigenvalue weighted by molar-refractivity contribution is -0.168. The number of ether oxygens (including phenoxy) is 4. The molecule has 0 amide bonds. The van der Waals surface area contributed by atoms with Crippen molar-refractivity contribution in [2.45, 2.75) is 50.9 Å². The Kier molecular flexibility index (Phi) is 8.78. The lowest BCUT2D eigenvalue weighted by Gasteiger charge is -2.32. The normalized spacial score (nSPS) is 20.8. The van der Waals surface area contributed by atoms with Gasteiger partial charge in [0.15, 0.2) is 5.79 Å². The number of hydrogen-bond donors (Lipinski definition) is 0. The molecule has 148 valence electrons. The highest BCUT2D eigenvalue weighted by atomic mass is 16.7. The summed E-state index contributed by atoms with van der Waals surface area (Å²) >= 11 is 0. The van der Waals surface area contributed by atoms with E-state index in [0.29, 0.717) is 32.2 Å². The van der Waals surface area contributed by atoms with Crippen molar-refractivity contribution >= 4 is 5.97 Å². The van der Waals surface area contributed by atoms with Gasteiger partial charge in [-0.1, -0.05) is 12.2 Å². The third-order valence-corrected chi connectivity index (χ3v) is 5.07. The second kappa shape index (κ2) is 10.8. The highest BCUT2D eigenvalue weighted by Gasteiger charge is 2.27. The Bertz CT molecular complexity index is 490. The van der Waals surface area contributed by atoms with Gasteiger partial charge in [0.2, 0.25) is 0 Å². The van der Waals surface area contributed by atoms with Gasteiger partial charge in [-0.25, -0.2) is 0 Å². The Morgan fingerprint density at radius 3 is 2.58 bits per heavy atom. The number of carbonyl (C=O) groups excluding carboxylic acids is 1. The smallest absolute Gasteiger partial charge is 0.305 e. The molecule has 0 atom stereocenters. The Hall–Kier alpha value is -1.21. The van der Waals surface area contributed by atoms with Gasteiger partial charge >= 0.3 is 5.97 Å². The Morgan fingerprint density at radius 2 is 2.00 bits per heavy atom. The molecule has 1 fully saturated rings. The first kappa shape index (κ1) is 21.1. The van der Waals surface area contributed by atoms with Crippen molar-refractivity contribution in [2.24, 2.45) is 0 Å². The Morgan fingerprint density at radius 1 is 1.27 bits per heavy atom. The monoisotopic (exact) mass is 367 g/mol. The highest BCUT2D eigenvalue weighted by Crippen LogP contribution is 2.25. The van der Waals surface area contributed by atoms with Gasteiger partial charge in [0.1, 0.15) is 0 Å². The predicted molar refractivity (Wildman–Crippen MR) is 99.9 cm³/mol. The van der Waals surface area contributed by atoms with E-state index in [4.69, 9.17) is 18.9 Å². The first-order valence-corrected chi connectivity index (χ1v) is 9.59. The molecule has 1 heterocycles. The number of esters is 1. The summed E-state index contributed by atoms with van der Waals surface area (Å²) in [5.74, 6) is -0.719. The molecule has 0 spiro atoms. The van der Waals surface area contributed by atoms with Gasteiger partial charge in [0.25, 0.3) is 0 Å². The van der Waals surface area contributed by atoms with Crippen LogP contribution in [0.3, 0.4) is 0 Å². The fraction of sp³-hybridized carbons (Fsp3) is 0.750. The molecule has 6 heteroatoms. The highest BCUT2D eigenvalue weighted by molar-refractivity contribution is 5.69. The van der Waals surface area contributed by atoms with Gasteiger partial charge in [-0.15, -0.1) is 0 Å². The molecule has 0 bridgehead atoms. The van der Waals surface area contributed by atoms with Crippen LogP contribution in [0.4, 0.5) is 0 Å². The third kappa shape index (κ3) is 6.50. The first-order chi connectivity index (χ1) is 12.6. The minimum Gasteiger partial charge on any atom is -0.466 e. The van der Waals surface area contributed by atoms with Crippen LogP contribution < -0.4 is 0 Å². The zero-order valence-corrected chi connectivity index (χ0v) is 16.4. The number of nitrogens with zero attached hydrogens (tertiary/aromatic N) is 1. The average Bonchev–Trinajstić information content (AvgIpc) is 2.68. The van der Waals surface area contributed by atoms with Crippen molar-refractivity contribution in [1.82, 2.24) is 4.90 Å². The molecule has 0 aromatic carbocycles. The van der Waals surface area contributed by atoms with Crippen LogP contribution in [0.25, 0.3) is 0 Å². The summed E-state index contributed by atoms with van der Waals surface area (Å²) in [7, 11) is 3.31. The largest absolute Gasteiger partial charge is 0.466 e. The summed E-state index contributed by atoms with van der Waals surface area (Å²) in [6, 6.07) is 0. The summed E-state index contributed by atoms with van der Waals surface area (Å²) < 4.78 is 21.9. The molecule has 0 unspecified atom stereocenters. The number of hydrogen-bond acceptors (Lipinski definition) is 6. The molecule has 1 saturated heterocycles. The Balaban J connectivity index is 1.60. The van der Waals surface area contributed by atoms with Crippen LogP contribution in [0.5, 0.6) is 0 Å². The molecular weight excluding hydrogens is 334 g/mol. The van der Waals surface area contributed by atoms with Gasteiger partial charge in [-0.3, -0.25) is 4.79 Å². The van der Waals surface area contributed by atoms with Crippen molar-refractivity contribution in [3.05, 3.63) is 23.8 Å². The van der Waals surface area contributed by atoms with Crippen LogP contribution >= 0.6 is 0 Å². The van der Waals surface area contributed by atoms with E-state index >= 15 is 0 Å². The van der Waals surface area contributed by atoms with E-state index in [2.05, 4.69) is 11.0 Å². The topological polar surface area (TPSA) is 57.2 Å². The molecule has 2 aliphatic rings. The van der Waals surface area contributed by atoms with Gasteiger partial charge in [0.05, 0.1) is 19.3 Å². The van der Waals surface area contributed by atoms with Gasteiger partial charge < -0.3 is 23.8 Å². The van der Waals surface area contributed by atoms with Crippen molar-refractivity contribution in [3.8, 4) is 0 Å². The number of likely N-dealkylation sites (tertiary alicyclic amines) is 1. The van der Waals surface area contributed by atoms with Crippen LogP contribution in [0.2, 0.25) is 0 Å². The van der Waals surface area contributed by atoms with E-state index in [1.54, 1.807) is 14.2 Å². The molecule has 0 saturated carbocycles. The minimum absolute atomic E-state index is 0.0921. The van der Waals surface area contributed by atoms with E-state index in [1.165, 1.54) is 5.57 Å². The van der Waals surface area contributed by atoms with Crippen LogP contribution in [-0.4, -0.2) is 69.8 Å². The first-order valence-electron chi connectivity index (χ1n) is 9.59. The fourth-order valence-corrected chi connectivity index (χ4v) is 3.33. The zero-order chi connectivity index (χ0) is 18.8. The molecule has 1 aliphatic carbocycles. The van der Waals surface area contributed by atoms with E-state index in [0.717, 1.165) is 38.9 Å². The van der Waals surface area contributed by atoms with Crippen LogP contribution in [0.1, 0.15) is 39.0 Å². The second-order valence-corrected chi connectivity index (χ2v) is 6.80. The lowest BCUT2D eigenvalue weighted by atomic mass is 10.0. The number of carbonyl (C=O) groups is 1. The summed E-state index contributed by atoms with van der Waals surface area (Å²) in [5, 5.41) is 0. The van der Waals surface area contributed by atoms with Crippen molar-refractivity contribution in [1.29, 1.82) is 0 Å². The summed E-state index contributed by atoms with van der Waals surface area (Å²) in [6.45, 7) is 5.94. The lowest BCUT2D eigenvalue weighted by Crippen LogP contribution is -2.38. The van der Waals surface area contributed by atoms with Crippen LogP contribution in [-0.2, 0) is 23.7 Å². The molecule has 2 rings (SSSR count). The number of methoxy groups -OCH3 is 2. The maximum absolute atomic E-state index is 11.4. The van der Waals surface area contributed by atoms with E-state index in [-0.39, 0.29) is 5.97 Å². The predicted octanol–water partition coefficient (Wildman–Crippen LogP) is 2.69. The maximum atomic E-state index is 11.4. The molecule has 0 aromatic heterocycles. The molecule has 0 aromatic rings. The molecule has 6 nitrogen and oxygen atoms in total. The van der Waals surface area contributed by atoms with Crippen molar-refractivity contribution in [2.75, 3.05) is 47.1 Å². The average molecular weight is 367 g/mol. The molecular formula is C20H33NO5. The second-order valence-electron chi connectivity index (χ2n) is 6.80. The van der Waals surface area contributed by atoms with Crippen molar-refractivity contribution in [3.63, 3.8) is 0 Å². The van der Waals surface area contributed by atoms with Gasteiger partial charge in [-0.05, 0) is 44.4 Å². The third-order valence-electron chi connectivity index (χ3n) is 5.07. The maximum Gasteiger partial charge on any atom is 0.305 e. The van der Waals surface area contributed by atoms with Crippen molar-refractivity contribution < 1.29 is 23.7 Å². The quantitative estimate of drug-likeness (QED) is 0.437. The van der Waals surface area contributed by atoms with Gasteiger partial charge in [-0.2, -0.15) is 0 Å². The SMILES string of the molecule is CCOC(=O)CCCN1CCC(OCC2=CCC(OC)(OC)C=C2)CC1. The fourth-order valence-electron chi connectivity index (χ4n) is 3.33. The van der Waals surface area contributed by atoms with Crippen LogP contribution in [0, 0.1) is 0 Å². The van der Waals surface area contributed by atoms with E-state index in [9.17, 15) is 4.79 Å². The van der Waals surface area contributed by atoms with Gasteiger partial charge in [0, 0.05) is 40.2 Å². The molecule has 0 radical (unpaired) electrons. The van der Waals surface area contributed by atoms with Crippen LogP contribution in [0.15, 0.2) is 23.8 Å². The molecule has 1 aliphatic heterocycles. The minimum atomic E-state index is -0.627.